The molecule has 5 nitrogen and oxygen atoms in total. The third-order valence-corrected chi connectivity index (χ3v) is 8.84. The Kier molecular flexibility index (Phi) is 8.61. The minimum atomic E-state index is -1.80. The van der Waals surface area contributed by atoms with Gasteiger partial charge in [0.15, 0.2) is 0 Å². The normalized spacial score (nSPS) is 18.6. The fourth-order valence-corrected chi connectivity index (χ4v) is 6.71. The lowest BCUT2D eigenvalue weighted by molar-refractivity contribution is 0.181. The molecule has 1 N–H and O–H groups in total. The van der Waals surface area contributed by atoms with Gasteiger partial charge in [-0.15, -0.1) is 0 Å². The van der Waals surface area contributed by atoms with E-state index in [-0.39, 0.29) is 10.3 Å². The molecule has 0 saturated heterocycles. The van der Waals surface area contributed by atoms with Gasteiger partial charge in [0.05, 0.1) is 10.3 Å². The van der Waals surface area contributed by atoms with Crippen molar-refractivity contribution >= 4 is 18.6 Å². The minimum absolute atomic E-state index is 0.156. The van der Waals surface area contributed by atoms with Gasteiger partial charge in [-0.2, -0.15) is 0 Å². The van der Waals surface area contributed by atoms with Crippen LogP contribution in [0.1, 0.15) is 40.5 Å². The van der Waals surface area contributed by atoms with Crippen LogP contribution in [-0.2, 0) is 17.7 Å². The van der Waals surface area contributed by atoms with Gasteiger partial charge >= 0.3 is 18.6 Å². The van der Waals surface area contributed by atoms with Crippen LogP contribution in [0.5, 0.6) is 0 Å². The summed E-state index contributed by atoms with van der Waals surface area (Å²) in [6.07, 6.45) is 1.88. The van der Waals surface area contributed by atoms with Crippen LogP contribution in [0, 0.1) is 0 Å². The maximum atomic E-state index is 5.58. The zero-order valence-corrected chi connectivity index (χ0v) is 16.0. The van der Waals surface area contributed by atoms with Crippen molar-refractivity contribution in [3.05, 3.63) is 0 Å². The number of hydrogen-bond donors (Lipinski definition) is 1. The monoisotopic (exact) mass is 309 g/mol. The molecule has 2 unspecified atom stereocenters. The van der Waals surface area contributed by atoms with Gasteiger partial charge < -0.3 is 23.0 Å². The van der Waals surface area contributed by atoms with E-state index in [9.17, 15) is 0 Å². The zero-order valence-electron chi connectivity index (χ0n) is 13.7. The summed E-state index contributed by atoms with van der Waals surface area (Å²) in [5.41, 5.74) is 0. The predicted molar refractivity (Wildman–Crippen MR) is 82.9 cm³/mol. The Bertz CT molecular complexity index is 228. The number of rotatable bonds is 10. The van der Waals surface area contributed by atoms with Crippen molar-refractivity contribution in [2.45, 2.75) is 50.9 Å². The quantitative estimate of drug-likeness (QED) is 0.611. The van der Waals surface area contributed by atoms with E-state index in [1.807, 2.05) is 0 Å². The third kappa shape index (κ3) is 4.62. The largest absolute Gasteiger partial charge is 0.399 e. The van der Waals surface area contributed by atoms with Crippen LogP contribution >= 0.6 is 0 Å². The standard InChI is InChI=1S/C12H31NO4Si2/c1-9-11(3,18(14-5)15-6)13-12(4,10-2)19(16-7)17-8/h13,18-19H,9-10H2,1-8H3. The van der Waals surface area contributed by atoms with Crippen molar-refractivity contribution in [1.29, 1.82) is 0 Å². The molecule has 0 aliphatic heterocycles. The van der Waals surface area contributed by atoms with E-state index in [1.165, 1.54) is 0 Å². The fraction of sp³-hybridized carbons (Fsp3) is 1.00. The second-order valence-corrected chi connectivity index (χ2v) is 11.0. The second kappa shape index (κ2) is 8.50. The van der Waals surface area contributed by atoms with Gasteiger partial charge in [-0.1, -0.05) is 13.8 Å². The van der Waals surface area contributed by atoms with Gasteiger partial charge in [0.1, 0.15) is 0 Å². The summed E-state index contributed by atoms with van der Waals surface area (Å²) in [7, 11) is 3.29. The highest BCUT2D eigenvalue weighted by molar-refractivity contribution is 6.51. The van der Waals surface area contributed by atoms with Crippen molar-refractivity contribution in [3.8, 4) is 0 Å². The Morgan fingerprint density at radius 3 is 1.16 bits per heavy atom. The first-order valence-electron chi connectivity index (χ1n) is 6.77. The molecule has 0 amide bonds. The molecule has 0 bridgehead atoms. The molecule has 2 atom stereocenters. The van der Waals surface area contributed by atoms with E-state index in [4.69, 9.17) is 17.7 Å². The van der Waals surface area contributed by atoms with Crippen molar-refractivity contribution in [1.82, 2.24) is 5.32 Å². The summed E-state index contributed by atoms with van der Waals surface area (Å²) >= 11 is 0. The topological polar surface area (TPSA) is 49.0 Å². The van der Waals surface area contributed by atoms with E-state index in [0.717, 1.165) is 12.8 Å². The molecule has 0 heterocycles. The molecule has 0 aliphatic carbocycles. The average Bonchev–Trinajstić information content (AvgIpc) is 2.41. The van der Waals surface area contributed by atoms with Crippen LogP contribution in [-0.4, -0.2) is 57.3 Å². The van der Waals surface area contributed by atoms with Crippen molar-refractivity contribution in [2.75, 3.05) is 28.4 Å². The van der Waals surface area contributed by atoms with Gasteiger partial charge in [-0.05, 0) is 26.7 Å². The Morgan fingerprint density at radius 1 is 0.737 bits per heavy atom. The molecule has 0 rings (SSSR count). The molecule has 0 fully saturated rings. The Morgan fingerprint density at radius 2 is 1.00 bits per heavy atom. The SMILES string of the molecule is CCC(C)(NC(C)(CC)[SiH](OC)OC)[SiH](OC)OC. The molecule has 19 heavy (non-hydrogen) atoms. The average molecular weight is 310 g/mol. The van der Waals surface area contributed by atoms with E-state index < -0.39 is 18.6 Å². The Labute approximate surface area is 121 Å². The zero-order chi connectivity index (χ0) is 15.1. The van der Waals surface area contributed by atoms with Crippen LogP contribution in [0.25, 0.3) is 0 Å². The van der Waals surface area contributed by atoms with Gasteiger partial charge in [0.25, 0.3) is 0 Å². The van der Waals surface area contributed by atoms with Gasteiger partial charge in [0.2, 0.25) is 0 Å². The summed E-state index contributed by atoms with van der Waals surface area (Å²) in [5.74, 6) is 0. The molecular weight excluding hydrogens is 278 g/mol. The third-order valence-electron chi connectivity index (χ3n) is 3.94. The van der Waals surface area contributed by atoms with Gasteiger partial charge in [-0.25, -0.2) is 0 Å². The molecule has 7 heteroatoms. The first kappa shape index (κ1) is 19.2. The van der Waals surface area contributed by atoms with E-state index in [0.29, 0.717) is 0 Å². The van der Waals surface area contributed by atoms with Crippen molar-refractivity contribution in [3.63, 3.8) is 0 Å². The fourth-order valence-electron chi connectivity index (χ4n) is 2.51. The maximum Gasteiger partial charge on any atom is 0.341 e. The van der Waals surface area contributed by atoms with E-state index in [2.05, 4.69) is 33.0 Å². The second-order valence-electron chi connectivity index (χ2n) is 5.27. The molecule has 0 aliphatic rings. The molecular formula is C12H31NO4Si2. The first-order chi connectivity index (χ1) is 8.87. The highest BCUT2D eigenvalue weighted by atomic mass is 28.3. The van der Waals surface area contributed by atoms with Crippen LogP contribution in [0.2, 0.25) is 0 Å². The number of hydrogen-bond acceptors (Lipinski definition) is 5. The van der Waals surface area contributed by atoms with Gasteiger partial charge in [-0.3, -0.25) is 0 Å². The lowest BCUT2D eigenvalue weighted by Crippen LogP contribution is -2.68. The molecule has 0 aromatic rings. The Hall–Kier alpha value is 0.234. The minimum Gasteiger partial charge on any atom is -0.399 e. The van der Waals surface area contributed by atoms with Crippen LogP contribution < -0.4 is 5.32 Å². The molecule has 0 aromatic carbocycles. The molecule has 0 spiro atoms. The molecule has 116 valence electrons. The van der Waals surface area contributed by atoms with Gasteiger partial charge in [0, 0.05) is 28.4 Å². The molecule has 0 saturated carbocycles. The van der Waals surface area contributed by atoms with Crippen LogP contribution in [0.4, 0.5) is 0 Å². The van der Waals surface area contributed by atoms with Crippen LogP contribution in [0.15, 0.2) is 0 Å². The first-order valence-corrected chi connectivity index (χ1v) is 9.81. The number of nitrogens with one attached hydrogen (secondary N) is 1. The maximum absolute atomic E-state index is 5.58. The van der Waals surface area contributed by atoms with E-state index in [1.54, 1.807) is 28.4 Å². The highest BCUT2D eigenvalue weighted by Gasteiger charge is 2.46. The van der Waals surface area contributed by atoms with Crippen molar-refractivity contribution < 1.29 is 17.7 Å². The smallest absolute Gasteiger partial charge is 0.341 e. The summed E-state index contributed by atoms with van der Waals surface area (Å²) in [4.78, 5) is 0. The highest BCUT2D eigenvalue weighted by Crippen LogP contribution is 2.24. The van der Waals surface area contributed by atoms with E-state index >= 15 is 0 Å². The van der Waals surface area contributed by atoms with Crippen molar-refractivity contribution in [2.24, 2.45) is 0 Å². The molecule has 0 radical (unpaired) electrons. The predicted octanol–water partition coefficient (Wildman–Crippen LogP) is 1.02. The summed E-state index contributed by atoms with van der Waals surface area (Å²) in [6, 6.07) is 0. The summed E-state index contributed by atoms with van der Waals surface area (Å²) < 4.78 is 22.3. The summed E-state index contributed by atoms with van der Waals surface area (Å²) in [6.45, 7) is 8.64. The lowest BCUT2D eigenvalue weighted by Gasteiger charge is -2.44. The molecule has 0 aromatic heterocycles. The Balaban J connectivity index is 5.19. The van der Waals surface area contributed by atoms with Crippen LogP contribution in [0.3, 0.4) is 0 Å². The summed E-state index contributed by atoms with van der Waals surface area (Å²) in [5, 5.41) is 3.42. The lowest BCUT2D eigenvalue weighted by atomic mass is 10.1.